The largest absolute Gasteiger partial charge is 0.326 e. The molecule has 21 heavy (non-hydrogen) atoms. The molecule has 6 nitrogen and oxygen atoms in total. The molecule has 2 aromatic rings. The number of rotatable bonds is 6. The number of nitrogens with two attached hydrogens (primary N) is 1. The van der Waals surface area contributed by atoms with Gasteiger partial charge in [0, 0.05) is 38.9 Å². The molecule has 7 heteroatoms. The molecule has 0 spiro atoms. The summed E-state index contributed by atoms with van der Waals surface area (Å²) in [5.74, 6) is -0.0192. The van der Waals surface area contributed by atoms with E-state index in [1.54, 1.807) is 37.1 Å². The fourth-order valence-corrected chi connectivity index (χ4v) is 3.18. The zero-order valence-electron chi connectivity index (χ0n) is 12.2. The van der Waals surface area contributed by atoms with E-state index in [1.165, 1.54) is 4.31 Å². The van der Waals surface area contributed by atoms with Crippen LogP contribution in [0.3, 0.4) is 0 Å². The molecule has 0 aliphatic heterocycles. The Kier molecular flexibility index (Phi) is 4.76. The molecule has 2 N–H and O–H groups in total. The van der Waals surface area contributed by atoms with Crippen molar-refractivity contribution < 1.29 is 8.42 Å². The molecule has 114 valence electrons. The number of hydrogen-bond donors (Lipinski definition) is 1. The molecule has 1 aromatic carbocycles. The van der Waals surface area contributed by atoms with Gasteiger partial charge in [0.25, 0.3) is 0 Å². The first-order chi connectivity index (χ1) is 9.90. The van der Waals surface area contributed by atoms with Gasteiger partial charge in [-0.15, -0.1) is 0 Å². The molecule has 0 atom stereocenters. The second-order valence-electron chi connectivity index (χ2n) is 5.06. The standard InChI is InChI=1S/C14H20N4O2S/c1-17-9-14(8-16-17)10-18(2)21(19,20)11-13-5-3-12(7-15)4-6-13/h3-6,8-9H,7,10-11,15H2,1-2H3. The van der Waals surface area contributed by atoms with Crippen molar-refractivity contribution in [2.75, 3.05) is 7.05 Å². The van der Waals surface area contributed by atoms with E-state index in [1.807, 2.05) is 18.3 Å². The van der Waals surface area contributed by atoms with Crippen LogP contribution >= 0.6 is 0 Å². The minimum atomic E-state index is -3.36. The molecule has 2 rings (SSSR count). The van der Waals surface area contributed by atoms with Crippen LogP contribution in [-0.2, 0) is 35.9 Å². The summed E-state index contributed by atoms with van der Waals surface area (Å²) in [5.41, 5.74) is 8.13. The summed E-state index contributed by atoms with van der Waals surface area (Å²) in [6.07, 6.45) is 3.48. The average molecular weight is 308 g/mol. The molecule has 0 unspecified atom stereocenters. The van der Waals surface area contributed by atoms with E-state index in [-0.39, 0.29) is 5.75 Å². The Hall–Kier alpha value is -1.70. The van der Waals surface area contributed by atoms with Crippen molar-refractivity contribution in [3.05, 3.63) is 53.3 Å². The maximum atomic E-state index is 12.3. The van der Waals surface area contributed by atoms with Crippen LogP contribution < -0.4 is 5.73 Å². The van der Waals surface area contributed by atoms with Crippen molar-refractivity contribution >= 4 is 10.0 Å². The second-order valence-corrected chi connectivity index (χ2v) is 7.13. The van der Waals surface area contributed by atoms with Crippen LogP contribution in [0.15, 0.2) is 36.7 Å². The van der Waals surface area contributed by atoms with Gasteiger partial charge in [0.2, 0.25) is 10.0 Å². The van der Waals surface area contributed by atoms with Gasteiger partial charge in [-0.1, -0.05) is 24.3 Å². The zero-order valence-corrected chi connectivity index (χ0v) is 13.0. The summed E-state index contributed by atoms with van der Waals surface area (Å²) in [5, 5.41) is 4.04. The van der Waals surface area contributed by atoms with Crippen molar-refractivity contribution in [2.24, 2.45) is 12.8 Å². The Morgan fingerprint density at radius 3 is 2.33 bits per heavy atom. The second kappa shape index (κ2) is 6.38. The van der Waals surface area contributed by atoms with Crippen LogP contribution in [0.2, 0.25) is 0 Å². The summed E-state index contributed by atoms with van der Waals surface area (Å²) < 4.78 is 27.7. The summed E-state index contributed by atoms with van der Waals surface area (Å²) in [7, 11) is 0.0257. The number of hydrogen-bond acceptors (Lipinski definition) is 4. The Labute approximate surface area is 125 Å². The molecule has 0 fully saturated rings. The smallest absolute Gasteiger partial charge is 0.218 e. The first-order valence-corrected chi connectivity index (χ1v) is 8.21. The molecule has 1 heterocycles. The predicted molar refractivity (Wildman–Crippen MR) is 81.6 cm³/mol. The highest BCUT2D eigenvalue weighted by molar-refractivity contribution is 7.88. The van der Waals surface area contributed by atoms with Crippen LogP contribution in [0.5, 0.6) is 0 Å². The fourth-order valence-electron chi connectivity index (χ4n) is 2.00. The summed E-state index contributed by atoms with van der Waals surface area (Å²) in [6.45, 7) is 0.769. The quantitative estimate of drug-likeness (QED) is 0.857. The van der Waals surface area contributed by atoms with Gasteiger partial charge in [-0.05, 0) is 11.1 Å². The Balaban J connectivity index is 2.05. The van der Waals surface area contributed by atoms with Gasteiger partial charge >= 0.3 is 0 Å². The molecule has 0 aliphatic carbocycles. The maximum absolute atomic E-state index is 12.3. The monoisotopic (exact) mass is 308 g/mol. The minimum absolute atomic E-state index is 0.0192. The lowest BCUT2D eigenvalue weighted by Gasteiger charge is -2.16. The third kappa shape index (κ3) is 4.13. The topological polar surface area (TPSA) is 81.2 Å². The van der Waals surface area contributed by atoms with E-state index in [2.05, 4.69) is 5.10 Å². The van der Waals surface area contributed by atoms with Crippen molar-refractivity contribution in [2.45, 2.75) is 18.8 Å². The Bertz CT molecular complexity index is 692. The molecular formula is C14H20N4O2S. The lowest BCUT2D eigenvalue weighted by Crippen LogP contribution is -2.27. The van der Waals surface area contributed by atoms with Crippen LogP contribution in [0.1, 0.15) is 16.7 Å². The Morgan fingerprint density at radius 2 is 1.81 bits per heavy atom. The number of sulfonamides is 1. The highest BCUT2D eigenvalue weighted by atomic mass is 32.2. The first kappa shape index (κ1) is 15.7. The van der Waals surface area contributed by atoms with E-state index < -0.39 is 10.0 Å². The molecule has 0 saturated carbocycles. The van der Waals surface area contributed by atoms with Gasteiger partial charge < -0.3 is 5.73 Å². The average Bonchev–Trinajstić information content (AvgIpc) is 2.84. The molecule has 0 aliphatic rings. The van der Waals surface area contributed by atoms with Gasteiger partial charge in [-0.3, -0.25) is 4.68 Å². The summed E-state index contributed by atoms with van der Waals surface area (Å²) in [4.78, 5) is 0. The van der Waals surface area contributed by atoms with Crippen molar-refractivity contribution in [1.82, 2.24) is 14.1 Å². The Morgan fingerprint density at radius 1 is 1.19 bits per heavy atom. The van der Waals surface area contributed by atoms with Crippen LogP contribution in [-0.4, -0.2) is 29.6 Å². The highest BCUT2D eigenvalue weighted by Gasteiger charge is 2.19. The fraction of sp³-hybridized carbons (Fsp3) is 0.357. The molecule has 0 amide bonds. The third-order valence-electron chi connectivity index (χ3n) is 3.25. The van der Waals surface area contributed by atoms with Crippen molar-refractivity contribution in [3.8, 4) is 0 Å². The zero-order chi connectivity index (χ0) is 15.5. The van der Waals surface area contributed by atoms with E-state index in [0.29, 0.717) is 13.1 Å². The molecular weight excluding hydrogens is 288 g/mol. The van der Waals surface area contributed by atoms with Gasteiger partial charge in [0.05, 0.1) is 11.9 Å². The van der Waals surface area contributed by atoms with Crippen LogP contribution in [0.25, 0.3) is 0 Å². The summed E-state index contributed by atoms with van der Waals surface area (Å²) in [6, 6.07) is 7.31. The lowest BCUT2D eigenvalue weighted by molar-refractivity contribution is 0.465. The molecule has 0 saturated heterocycles. The van der Waals surface area contributed by atoms with E-state index in [9.17, 15) is 8.42 Å². The van der Waals surface area contributed by atoms with Crippen molar-refractivity contribution in [1.29, 1.82) is 0 Å². The SMILES string of the molecule is CN(Cc1cnn(C)c1)S(=O)(=O)Cc1ccc(CN)cc1. The van der Waals surface area contributed by atoms with Gasteiger partial charge in [-0.25, -0.2) is 12.7 Å². The third-order valence-corrected chi connectivity index (χ3v) is 5.02. The molecule has 0 radical (unpaired) electrons. The number of aromatic nitrogens is 2. The minimum Gasteiger partial charge on any atom is -0.326 e. The van der Waals surface area contributed by atoms with Gasteiger partial charge in [0.15, 0.2) is 0 Å². The number of aryl methyl sites for hydroxylation is 1. The lowest BCUT2D eigenvalue weighted by atomic mass is 10.1. The first-order valence-electron chi connectivity index (χ1n) is 6.60. The molecule has 0 bridgehead atoms. The van der Waals surface area contributed by atoms with Gasteiger partial charge in [0.1, 0.15) is 0 Å². The number of nitrogens with zero attached hydrogens (tertiary/aromatic N) is 3. The van der Waals surface area contributed by atoms with Crippen LogP contribution in [0.4, 0.5) is 0 Å². The van der Waals surface area contributed by atoms with Crippen LogP contribution in [0, 0.1) is 0 Å². The van der Waals surface area contributed by atoms with Gasteiger partial charge in [-0.2, -0.15) is 5.10 Å². The van der Waals surface area contributed by atoms with E-state index in [4.69, 9.17) is 5.73 Å². The maximum Gasteiger partial charge on any atom is 0.218 e. The van der Waals surface area contributed by atoms with E-state index in [0.717, 1.165) is 16.7 Å². The van der Waals surface area contributed by atoms with Crippen molar-refractivity contribution in [3.63, 3.8) is 0 Å². The summed E-state index contributed by atoms with van der Waals surface area (Å²) >= 11 is 0. The van der Waals surface area contributed by atoms with E-state index >= 15 is 0 Å². The number of benzene rings is 1. The predicted octanol–water partition coefficient (Wildman–Crippen LogP) is 0.841. The normalized spacial score (nSPS) is 12.0. The highest BCUT2D eigenvalue weighted by Crippen LogP contribution is 2.13. The molecule has 1 aromatic heterocycles.